The number of esters is 6. The molecule has 0 spiro atoms. The Morgan fingerprint density at radius 3 is 1.21 bits per heavy atom. The summed E-state index contributed by atoms with van der Waals surface area (Å²) in [6, 6.07) is -1.14. The lowest BCUT2D eigenvalue weighted by Crippen LogP contribution is -2.41. The fourth-order valence-corrected chi connectivity index (χ4v) is 8.49. The third-order valence-electron chi connectivity index (χ3n) is 12.9. The lowest BCUT2D eigenvalue weighted by Gasteiger charge is -2.24. The zero-order chi connectivity index (χ0) is 51.7. The number of carbonyl (C=O) groups is 7. The van der Waals surface area contributed by atoms with Gasteiger partial charge in [0.2, 0.25) is 0 Å². The summed E-state index contributed by atoms with van der Waals surface area (Å²) in [6.07, 6.45) is 28.8. The van der Waals surface area contributed by atoms with Crippen molar-refractivity contribution in [1.82, 2.24) is 14.5 Å². The van der Waals surface area contributed by atoms with E-state index in [0.29, 0.717) is 25.7 Å². The van der Waals surface area contributed by atoms with Crippen LogP contribution in [0.2, 0.25) is 0 Å². The van der Waals surface area contributed by atoms with E-state index in [2.05, 4.69) is 32.7 Å². The Kier molecular flexibility index (Phi) is 36.2. The molecule has 1 aliphatic rings. The molecule has 0 radical (unpaired) electrons. The molecule has 1 saturated heterocycles. The van der Waals surface area contributed by atoms with Crippen molar-refractivity contribution in [2.24, 2.45) is 11.8 Å². The van der Waals surface area contributed by atoms with Gasteiger partial charge in [0.25, 0.3) is 0 Å². The highest BCUT2D eigenvalue weighted by molar-refractivity contribution is 5.78. The Morgan fingerprint density at radius 1 is 0.479 bits per heavy atom. The van der Waals surface area contributed by atoms with Gasteiger partial charge in [0.15, 0.2) is 0 Å². The number of carbonyl (C=O) groups excluding carboxylic acids is 7. The number of hydrogen-bond acceptors (Lipinski definition) is 14. The highest BCUT2D eigenvalue weighted by atomic mass is 16.6. The first-order valence-electron chi connectivity index (χ1n) is 27.8. The molecule has 0 saturated carbocycles. The Hall–Kier alpha value is -4.50. The van der Waals surface area contributed by atoms with E-state index in [1.807, 2.05) is 0 Å². The topological polar surface area (TPSA) is 196 Å². The van der Waals surface area contributed by atoms with Crippen LogP contribution in [0.1, 0.15) is 227 Å². The van der Waals surface area contributed by atoms with Crippen LogP contribution in [0, 0.1) is 11.8 Å². The minimum Gasteiger partial charge on any atom is -0.465 e. The van der Waals surface area contributed by atoms with E-state index in [9.17, 15) is 33.6 Å². The summed E-state index contributed by atoms with van der Waals surface area (Å²) in [5.74, 6) is -4.06. The molecule has 16 heteroatoms. The van der Waals surface area contributed by atoms with Gasteiger partial charge in [-0.25, -0.2) is 9.78 Å². The summed E-state index contributed by atoms with van der Waals surface area (Å²) >= 11 is 0. The Balaban J connectivity index is 2.07. The zero-order valence-corrected chi connectivity index (χ0v) is 44.4. The molecule has 71 heavy (non-hydrogen) atoms. The second-order valence-corrected chi connectivity index (χ2v) is 19.5. The predicted molar refractivity (Wildman–Crippen MR) is 271 cm³/mol. The van der Waals surface area contributed by atoms with Crippen molar-refractivity contribution in [2.45, 2.75) is 239 Å². The number of ether oxygens (including phenoxy) is 6. The van der Waals surface area contributed by atoms with Crippen LogP contribution in [0.25, 0.3) is 0 Å². The van der Waals surface area contributed by atoms with Crippen molar-refractivity contribution in [3.8, 4) is 0 Å². The SMILES string of the molecule is CCCCCCCCC(=O)OCC(COC(=O)CCCCCCCC)CC(=O)OC[C@H]1C[C@@H](OC(=O)CC(COC(=O)CCCCCCCC)COC(=O)CCCCCCCC)CN1C(=O)n1ccnc1. The van der Waals surface area contributed by atoms with Crippen LogP contribution in [0.15, 0.2) is 18.7 Å². The third kappa shape index (κ3) is 31.5. The van der Waals surface area contributed by atoms with Gasteiger partial charge in [-0.15, -0.1) is 0 Å². The monoisotopic (exact) mass is 1000 g/mol. The molecule has 2 rings (SSSR count). The van der Waals surface area contributed by atoms with Gasteiger partial charge in [-0.3, -0.25) is 33.3 Å². The first-order valence-corrected chi connectivity index (χ1v) is 27.8. The highest BCUT2D eigenvalue weighted by Crippen LogP contribution is 2.24. The van der Waals surface area contributed by atoms with Crippen molar-refractivity contribution in [2.75, 3.05) is 39.6 Å². The maximum Gasteiger partial charge on any atom is 0.329 e. The number of nitrogens with zero attached hydrogens (tertiary/aromatic N) is 3. The van der Waals surface area contributed by atoms with E-state index in [1.165, 1.54) is 28.2 Å². The molecule has 1 amide bonds. The molecule has 0 N–H and O–H groups in total. The molecule has 1 fully saturated rings. The van der Waals surface area contributed by atoms with Gasteiger partial charge in [0, 0.05) is 56.3 Å². The standard InChI is InChI=1S/C55H93N3O13/c1-5-9-13-17-21-25-29-49(59)66-39-45(40-67-50(60)30-26-22-18-14-10-6-2)35-53(63)70-43-47-37-48(38-58(47)55(65)57-34-33-56-44-57)71-54(64)36-46(41-68-51(61)31-27-23-19-15-11-7-3)42-69-52(62)32-28-24-20-16-12-8-4/h33-34,44-48H,5-32,35-43H2,1-4H3/t47-,48-/m1/s1. The van der Waals surface area contributed by atoms with Crippen molar-refractivity contribution in [1.29, 1.82) is 0 Å². The molecule has 1 aromatic heterocycles. The van der Waals surface area contributed by atoms with Gasteiger partial charge in [0.1, 0.15) is 19.0 Å². The number of amides is 1. The number of imidazole rings is 1. The third-order valence-corrected chi connectivity index (χ3v) is 12.9. The quantitative estimate of drug-likeness (QED) is 0.0340. The van der Waals surface area contributed by atoms with E-state index >= 15 is 0 Å². The van der Waals surface area contributed by atoms with Crippen LogP contribution >= 0.6 is 0 Å². The van der Waals surface area contributed by atoms with Gasteiger partial charge in [-0.05, 0) is 25.7 Å². The molecule has 0 unspecified atom stereocenters. The fraction of sp³-hybridized carbons (Fsp3) is 0.818. The fourth-order valence-electron chi connectivity index (χ4n) is 8.49. The normalized spacial score (nSPS) is 14.4. The largest absolute Gasteiger partial charge is 0.465 e. The molecule has 0 bridgehead atoms. The smallest absolute Gasteiger partial charge is 0.329 e. The van der Waals surface area contributed by atoms with Gasteiger partial charge in [-0.2, -0.15) is 0 Å². The number of aromatic nitrogens is 2. The molecular formula is C55H93N3O13. The lowest BCUT2D eigenvalue weighted by atomic mass is 10.1. The summed E-state index contributed by atoms with van der Waals surface area (Å²) in [5.41, 5.74) is 0. The van der Waals surface area contributed by atoms with Gasteiger partial charge >= 0.3 is 41.8 Å². The van der Waals surface area contributed by atoms with Crippen molar-refractivity contribution in [3.05, 3.63) is 18.7 Å². The van der Waals surface area contributed by atoms with Crippen LogP contribution in [-0.2, 0) is 57.2 Å². The maximum atomic E-state index is 13.7. The number of unbranched alkanes of at least 4 members (excludes halogenated alkanes) is 20. The molecule has 2 heterocycles. The van der Waals surface area contributed by atoms with Crippen LogP contribution in [-0.4, -0.2) is 108 Å². The first-order chi connectivity index (χ1) is 34.5. The Morgan fingerprint density at radius 2 is 0.845 bits per heavy atom. The molecular weight excluding hydrogens is 911 g/mol. The summed E-state index contributed by atoms with van der Waals surface area (Å²) in [4.78, 5) is 96.8. The van der Waals surface area contributed by atoms with Crippen molar-refractivity contribution in [3.63, 3.8) is 0 Å². The summed E-state index contributed by atoms with van der Waals surface area (Å²) in [7, 11) is 0. The van der Waals surface area contributed by atoms with Crippen LogP contribution < -0.4 is 0 Å². The van der Waals surface area contributed by atoms with Crippen molar-refractivity contribution < 1.29 is 62.0 Å². The second kappa shape index (κ2) is 41.0. The molecule has 0 aliphatic carbocycles. The summed E-state index contributed by atoms with van der Waals surface area (Å²) < 4.78 is 35.2. The number of likely N-dealkylation sites (tertiary alicyclic amines) is 1. The molecule has 406 valence electrons. The number of rotatable bonds is 43. The first kappa shape index (κ1) is 62.6. The van der Waals surface area contributed by atoms with E-state index in [-0.39, 0.29) is 108 Å². The summed E-state index contributed by atoms with van der Waals surface area (Å²) in [6.45, 7) is 7.88. The molecule has 1 aliphatic heterocycles. The van der Waals surface area contributed by atoms with Crippen LogP contribution in [0.5, 0.6) is 0 Å². The molecule has 2 atom stereocenters. The highest BCUT2D eigenvalue weighted by Gasteiger charge is 2.39. The van der Waals surface area contributed by atoms with E-state index < -0.39 is 42.0 Å². The average molecular weight is 1000 g/mol. The lowest BCUT2D eigenvalue weighted by molar-refractivity contribution is -0.157. The van der Waals surface area contributed by atoms with Crippen LogP contribution in [0.4, 0.5) is 4.79 Å². The zero-order valence-electron chi connectivity index (χ0n) is 44.4. The van der Waals surface area contributed by atoms with Crippen LogP contribution in [0.3, 0.4) is 0 Å². The second-order valence-electron chi connectivity index (χ2n) is 19.5. The van der Waals surface area contributed by atoms with Gasteiger partial charge in [0.05, 0.1) is 51.9 Å². The summed E-state index contributed by atoms with van der Waals surface area (Å²) in [5, 5.41) is 0. The van der Waals surface area contributed by atoms with Gasteiger partial charge in [-0.1, -0.05) is 156 Å². The van der Waals surface area contributed by atoms with Crippen molar-refractivity contribution >= 4 is 41.8 Å². The molecule has 16 nitrogen and oxygen atoms in total. The number of hydrogen-bond donors (Lipinski definition) is 0. The van der Waals surface area contributed by atoms with E-state index in [0.717, 1.165) is 128 Å². The average Bonchev–Trinajstić information content (AvgIpc) is 4.05. The maximum absolute atomic E-state index is 13.7. The Labute approximate surface area is 426 Å². The Bertz CT molecular complexity index is 1540. The van der Waals surface area contributed by atoms with E-state index in [1.54, 1.807) is 0 Å². The molecule has 1 aromatic rings. The minimum absolute atomic E-state index is 0.00184. The van der Waals surface area contributed by atoms with Gasteiger partial charge < -0.3 is 33.3 Å². The minimum atomic E-state index is -0.769. The predicted octanol–water partition coefficient (Wildman–Crippen LogP) is 11.6. The van der Waals surface area contributed by atoms with E-state index in [4.69, 9.17) is 28.4 Å². The molecule has 0 aromatic carbocycles.